The summed E-state index contributed by atoms with van der Waals surface area (Å²) in [7, 11) is 0. The first kappa shape index (κ1) is 9.37. The standard InChI is InChI=1S/C8H9BrClN3/c9-5-3-12-8(10)13-7(5)6(11)4-1-2-4/h3-4,6H,1-2,11H2. The van der Waals surface area contributed by atoms with Gasteiger partial charge in [0.2, 0.25) is 5.28 Å². The predicted octanol–water partition coefficient (Wildman–Crippen LogP) is 2.30. The fraction of sp³-hybridized carbons (Fsp3) is 0.500. The van der Waals surface area contributed by atoms with Gasteiger partial charge in [0.05, 0.1) is 16.2 Å². The van der Waals surface area contributed by atoms with Crippen LogP contribution in [0.2, 0.25) is 5.28 Å². The second kappa shape index (κ2) is 3.52. The van der Waals surface area contributed by atoms with Crippen molar-refractivity contribution in [3.8, 4) is 0 Å². The molecule has 0 spiro atoms. The van der Waals surface area contributed by atoms with E-state index in [2.05, 4.69) is 25.9 Å². The molecule has 0 aliphatic heterocycles. The molecule has 3 nitrogen and oxygen atoms in total. The normalized spacial score (nSPS) is 18.7. The summed E-state index contributed by atoms with van der Waals surface area (Å²) in [6, 6.07) is -0.00475. The highest BCUT2D eigenvalue weighted by Gasteiger charge is 2.31. The Bertz CT molecular complexity index is 327. The van der Waals surface area contributed by atoms with Gasteiger partial charge in [-0.05, 0) is 46.3 Å². The lowest BCUT2D eigenvalue weighted by molar-refractivity contribution is 0.609. The number of rotatable bonds is 2. The molecule has 1 atom stereocenters. The molecule has 1 fully saturated rings. The van der Waals surface area contributed by atoms with Crippen LogP contribution in [0, 0.1) is 5.92 Å². The molecular formula is C8H9BrClN3. The fourth-order valence-electron chi connectivity index (χ4n) is 1.27. The Kier molecular flexibility index (Phi) is 2.53. The van der Waals surface area contributed by atoms with E-state index in [0.29, 0.717) is 5.92 Å². The number of halogens is 2. The molecule has 1 unspecified atom stereocenters. The van der Waals surface area contributed by atoms with Crippen molar-refractivity contribution in [2.75, 3.05) is 0 Å². The van der Waals surface area contributed by atoms with Crippen molar-refractivity contribution in [1.29, 1.82) is 0 Å². The third kappa shape index (κ3) is 2.00. The monoisotopic (exact) mass is 261 g/mol. The van der Waals surface area contributed by atoms with Gasteiger partial charge in [0.25, 0.3) is 0 Å². The molecule has 0 saturated heterocycles. The third-order valence-corrected chi connectivity index (χ3v) is 2.98. The van der Waals surface area contributed by atoms with Crippen LogP contribution in [0.4, 0.5) is 0 Å². The third-order valence-electron chi connectivity index (χ3n) is 2.19. The maximum Gasteiger partial charge on any atom is 0.222 e. The average Bonchev–Trinajstić information content (AvgIpc) is 2.91. The molecule has 1 saturated carbocycles. The molecule has 13 heavy (non-hydrogen) atoms. The zero-order valence-corrected chi connectivity index (χ0v) is 9.22. The second-order valence-electron chi connectivity index (χ2n) is 3.24. The summed E-state index contributed by atoms with van der Waals surface area (Å²) in [6.07, 6.45) is 4.03. The summed E-state index contributed by atoms with van der Waals surface area (Å²) in [5.41, 5.74) is 6.81. The molecule has 70 valence electrons. The van der Waals surface area contributed by atoms with Crippen LogP contribution in [0.5, 0.6) is 0 Å². The Balaban J connectivity index is 2.31. The lowest BCUT2D eigenvalue weighted by atomic mass is 10.1. The number of aromatic nitrogens is 2. The Morgan fingerprint density at radius 2 is 2.31 bits per heavy atom. The quantitative estimate of drug-likeness (QED) is 0.832. The highest BCUT2D eigenvalue weighted by molar-refractivity contribution is 9.10. The van der Waals surface area contributed by atoms with Crippen LogP contribution in [0.1, 0.15) is 24.6 Å². The minimum atomic E-state index is -0.00475. The summed E-state index contributed by atoms with van der Waals surface area (Å²) >= 11 is 9.05. The van der Waals surface area contributed by atoms with Gasteiger partial charge in [0.1, 0.15) is 0 Å². The molecule has 1 heterocycles. The van der Waals surface area contributed by atoms with Gasteiger partial charge in [-0.2, -0.15) is 0 Å². The van der Waals surface area contributed by atoms with E-state index in [4.69, 9.17) is 17.3 Å². The van der Waals surface area contributed by atoms with Crippen molar-refractivity contribution in [2.24, 2.45) is 11.7 Å². The van der Waals surface area contributed by atoms with E-state index in [0.717, 1.165) is 10.2 Å². The molecule has 1 aliphatic rings. The Morgan fingerprint density at radius 1 is 1.62 bits per heavy atom. The van der Waals surface area contributed by atoms with Crippen molar-refractivity contribution in [3.63, 3.8) is 0 Å². The molecule has 0 aromatic carbocycles. The lowest BCUT2D eigenvalue weighted by Gasteiger charge is -2.10. The van der Waals surface area contributed by atoms with Crippen molar-refractivity contribution in [3.05, 3.63) is 21.6 Å². The Morgan fingerprint density at radius 3 is 2.92 bits per heavy atom. The van der Waals surface area contributed by atoms with E-state index in [1.54, 1.807) is 6.20 Å². The van der Waals surface area contributed by atoms with Crippen molar-refractivity contribution in [1.82, 2.24) is 9.97 Å². The highest BCUT2D eigenvalue weighted by atomic mass is 79.9. The van der Waals surface area contributed by atoms with Crippen molar-refractivity contribution in [2.45, 2.75) is 18.9 Å². The molecule has 0 amide bonds. The van der Waals surface area contributed by atoms with E-state index in [9.17, 15) is 0 Å². The van der Waals surface area contributed by atoms with Crippen LogP contribution in [-0.2, 0) is 0 Å². The summed E-state index contributed by atoms with van der Waals surface area (Å²) < 4.78 is 0.844. The number of nitrogens with two attached hydrogens (primary N) is 1. The molecule has 1 aromatic rings. The zero-order valence-electron chi connectivity index (χ0n) is 6.87. The first-order chi connectivity index (χ1) is 6.18. The predicted molar refractivity (Wildman–Crippen MR) is 54.4 cm³/mol. The molecule has 2 N–H and O–H groups in total. The van der Waals surface area contributed by atoms with Crippen molar-refractivity contribution >= 4 is 27.5 Å². The van der Waals surface area contributed by atoms with Crippen LogP contribution in [0.25, 0.3) is 0 Å². The fourth-order valence-corrected chi connectivity index (χ4v) is 1.87. The van der Waals surface area contributed by atoms with Gasteiger partial charge < -0.3 is 5.73 Å². The lowest BCUT2D eigenvalue weighted by Crippen LogP contribution is -2.15. The summed E-state index contributed by atoms with van der Waals surface area (Å²) in [6.45, 7) is 0. The highest BCUT2D eigenvalue weighted by Crippen LogP contribution is 2.40. The van der Waals surface area contributed by atoms with Gasteiger partial charge in [-0.3, -0.25) is 0 Å². The maximum absolute atomic E-state index is 5.99. The maximum atomic E-state index is 5.99. The van der Waals surface area contributed by atoms with E-state index in [-0.39, 0.29) is 11.3 Å². The van der Waals surface area contributed by atoms with Gasteiger partial charge in [0.15, 0.2) is 0 Å². The number of nitrogens with zero attached hydrogens (tertiary/aromatic N) is 2. The number of hydrogen-bond acceptors (Lipinski definition) is 3. The van der Waals surface area contributed by atoms with Crippen LogP contribution < -0.4 is 5.73 Å². The Hall–Kier alpha value is -0.190. The minimum Gasteiger partial charge on any atom is -0.322 e. The van der Waals surface area contributed by atoms with E-state index in [1.807, 2.05) is 0 Å². The summed E-state index contributed by atoms with van der Waals surface area (Å²) in [4.78, 5) is 7.97. The summed E-state index contributed by atoms with van der Waals surface area (Å²) in [5, 5.41) is 0.259. The first-order valence-corrected chi connectivity index (χ1v) is 5.29. The first-order valence-electron chi connectivity index (χ1n) is 4.12. The zero-order chi connectivity index (χ0) is 9.42. The molecule has 1 aliphatic carbocycles. The van der Waals surface area contributed by atoms with Crippen LogP contribution in [0.3, 0.4) is 0 Å². The SMILES string of the molecule is NC(c1nc(Cl)ncc1Br)C1CC1. The molecular weight excluding hydrogens is 253 g/mol. The minimum absolute atomic E-state index is 0.00475. The largest absolute Gasteiger partial charge is 0.322 e. The molecule has 1 aromatic heterocycles. The van der Waals surface area contributed by atoms with E-state index in [1.165, 1.54) is 12.8 Å². The summed E-state index contributed by atoms with van der Waals surface area (Å²) in [5.74, 6) is 0.572. The number of hydrogen-bond donors (Lipinski definition) is 1. The van der Waals surface area contributed by atoms with E-state index >= 15 is 0 Å². The van der Waals surface area contributed by atoms with Crippen LogP contribution >= 0.6 is 27.5 Å². The van der Waals surface area contributed by atoms with Gasteiger partial charge in [-0.1, -0.05) is 0 Å². The van der Waals surface area contributed by atoms with Gasteiger partial charge in [0, 0.05) is 6.20 Å². The van der Waals surface area contributed by atoms with E-state index < -0.39 is 0 Å². The molecule has 0 bridgehead atoms. The van der Waals surface area contributed by atoms with Crippen LogP contribution in [0.15, 0.2) is 10.7 Å². The topological polar surface area (TPSA) is 51.8 Å². The van der Waals surface area contributed by atoms with Gasteiger partial charge in [-0.15, -0.1) is 0 Å². The molecule has 0 radical (unpaired) electrons. The van der Waals surface area contributed by atoms with Gasteiger partial charge >= 0.3 is 0 Å². The van der Waals surface area contributed by atoms with Crippen LogP contribution in [-0.4, -0.2) is 9.97 Å². The second-order valence-corrected chi connectivity index (χ2v) is 4.43. The smallest absolute Gasteiger partial charge is 0.222 e. The van der Waals surface area contributed by atoms with Gasteiger partial charge in [-0.25, -0.2) is 9.97 Å². The Labute approximate surface area is 89.8 Å². The average molecular weight is 263 g/mol. The van der Waals surface area contributed by atoms with Crippen molar-refractivity contribution < 1.29 is 0 Å². The molecule has 5 heteroatoms. The molecule has 2 rings (SSSR count).